The fraction of sp³-hybridized carbons (Fsp3) is 0.714. The van der Waals surface area contributed by atoms with Crippen molar-refractivity contribution in [2.24, 2.45) is 29.1 Å². The number of aliphatic hydroxyl groups excluding tert-OH is 1. The van der Waals surface area contributed by atoms with E-state index in [-0.39, 0.29) is 6.10 Å². The first-order valence-electron chi connectivity index (χ1n) is 9.39. The monoisotopic (exact) mass is 314 g/mol. The lowest BCUT2D eigenvalue weighted by Crippen LogP contribution is -2.45. The number of hydrogen-bond donors (Lipinski definition) is 2. The summed E-state index contributed by atoms with van der Waals surface area (Å²) in [5.41, 5.74) is 3.18. The maximum Gasteiger partial charge on any atom is 0.115 e. The molecule has 2 saturated carbocycles. The number of fused-ring (bicyclic) bond motifs is 5. The van der Waals surface area contributed by atoms with Crippen LogP contribution in [-0.2, 0) is 6.42 Å². The van der Waals surface area contributed by atoms with Crippen molar-refractivity contribution in [1.29, 1.82) is 0 Å². The molecule has 0 heterocycles. The van der Waals surface area contributed by atoms with Gasteiger partial charge >= 0.3 is 0 Å². The molecule has 126 valence electrons. The van der Waals surface area contributed by atoms with Crippen LogP contribution in [0.25, 0.3) is 0 Å². The minimum Gasteiger partial charge on any atom is -0.508 e. The van der Waals surface area contributed by atoms with Crippen molar-refractivity contribution in [2.45, 2.75) is 64.9 Å². The van der Waals surface area contributed by atoms with Crippen LogP contribution in [0, 0.1) is 29.1 Å². The van der Waals surface area contributed by atoms with Crippen molar-refractivity contribution in [3.05, 3.63) is 29.3 Å². The topological polar surface area (TPSA) is 40.5 Å². The van der Waals surface area contributed by atoms with E-state index in [1.54, 1.807) is 0 Å². The van der Waals surface area contributed by atoms with Gasteiger partial charge in [-0.05, 0) is 90.4 Å². The molecule has 4 rings (SSSR count). The highest BCUT2D eigenvalue weighted by molar-refractivity contribution is 5.40. The van der Waals surface area contributed by atoms with E-state index in [4.69, 9.17) is 0 Å². The van der Waals surface area contributed by atoms with Crippen molar-refractivity contribution < 1.29 is 10.2 Å². The van der Waals surface area contributed by atoms with Crippen LogP contribution in [0.4, 0.5) is 0 Å². The molecule has 0 amide bonds. The van der Waals surface area contributed by atoms with Gasteiger partial charge in [-0.1, -0.05) is 26.8 Å². The fourth-order valence-corrected chi connectivity index (χ4v) is 6.38. The molecular formula is C21H30O2. The summed E-state index contributed by atoms with van der Waals surface area (Å²) in [6.45, 7) is 7.13. The predicted molar refractivity (Wildman–Crippen MR) is 92.4 cm³/mol. The molecule has 23 heavy (non-hydrogen) atoms. The summed E-state index contributed by atoms with van der Waals surface area (Å²) in [4.78, 5) is 0. The summed E-state index contributed by atoms with van der Waals surface area (Å²) in [6.07, 6.45) is 5.46. The number of aromatic hydroxyl groups is 1. The lowest BCUT2D eigenvalue weighted by molar-refractivity contribution is 0.0112. The van der Waals surface area contributed by atoms with Gasteiger partial charge < -0.3 is 10.2 Å². The smallest absolute Gasteiger partial charge is 0.115 e. The summed E-state index contributed by atoms with van der Waals surface area (Å²) in [5.74, 6) is 3.70. The molecule has 0 aliphatic heterocycles. The molecular weight excluding hydrogens is 284 g/mol. The van der Waals surface area contributed by atoms with E-state index in [1.165, 1.54) is 24.0 Å². The Hall–Kier alpha value is -1.02. The van der Waals surface area contributed by atoms with Gasteiger partial charge in [0.1, 0.15) is 5.75 Å². The lowest BCUT2D eigenvalue weighted by Gasteiger charge is -2.53. The minimum atomic E-state index is -0.0993. The number of benzene rings is 1. The Morgan fingerprint density at radius 2 is 2.04 bits per heavy atom. The van der Waals surface area contributed by atoms with E-state index in [9.17, 15) is 10.2 Å². The number of aliphatic hydroxyl groups is 1. The van der Waals surface area contributed by atoms with E-state index in [0.29, 0.717) is 40.8 Å². The second-order valence-electron chi connectivity index (χ2n) is 9.07. The molecule has 2 N–H and O–H groups in total. The molecule has 0 bridgehead atoms. The fourth-order valence-electron chi connectivity index (χ4n) is 6.38. The zero-order chi connectivity index (χ0) is 16.4. The molecule has 0 unspecified atom stereocenters. The van der Waals surface area contributed by atoms with Crippen molar-refractivity contribution >= 4 is 0 Å². The molecule has 2 fully saturated rings. The van der Waals surface area contributed by atoms with Crippen LogP contribution in [0.15, 0.2) is 18.2 Å². The van der Waals surface area contributed by atoms with Crippen LogP contribution < -0.4 is 0 Å². The molecule has 6 atom stereocenters. The first kappa shape index (κ1) is 15.5. The normalized spacial score (nSPS) is 42.2. The number of hydrogen-bond acceptors (Lipinski definition) is 2. The van der Waals surface area contributed by atoms with E-state index in [1.807, 2.05) is 12.1 Å². The summed E-state index contributed by atoms with van der Waals surface area (Å²) >= 11 is 0. The van der Waals surface area contributed by atoms with Gasteiger partial charge in [0.15, 0.2) is 0 Å². The molecule has 2 heteroatoms. The molecule has 3 aliphatic carbocycles. The average Bonchev–Trinajstić information content (AvgIpc) is 2.79. The molecule has 0 radical (unpaired) electrons. The third-order valence-corrected chi connectivity index (χ3v) is 7.41. The van der Waals surface area contributed by atoms with Crippen LogP contribution in [0.5, 0.6) is 5.75 Å². The maximum atomic E-state index is 10.3. The Bertz CT molecular complexity index is 608. The van der Waals surface area contributed by atoms with Crippen molar-refractivity contribution in [1.82, 2.24) is 0 Å². The summed E-state index contributed by atoms with van der Waals surface area (Å²) < 4.78 is 0. The van der Waals surface area contributed by atoms with Crippen LogP contribution in [0.2, 0.25) is 0 Å². The molecule has 0 saturated heterocycles. The van der Waals surface area contributed by atoms with Crippen LogP contribution >= 0.6 is 0 Å². The van der Waals surface area contributed by atoms with Gasteiger partial charge in [0.25, 0.3) is 0 Å². The molecule has 0 spiro atoms. The van der Waals surface area contributed by atoms with Crippen molar-refractivity contribution in [3.63, 3.8) is 0 Å². The van der Waals surface area contributed by atoms with E-state index in [2.05, 4.69) is 26.8 Å². The largest absolute Gasteiger partial charge is 0.508 e. The summed E-state index contributed by atoms with van der Waals surface area (Å²) in [5, 5.41) is 20.2. The van der Waals surface area contributed by atoms with Crippen LogP contribution in [0.1, 0.15) is 63.5 Å². The lowest BCUT2D eigenvalue weighted by atomic mass is 9.51. The predicted octanol–water partition coefficient (Wildman–Crippen LogP) is 4.49. The molecule has 1 aromatic rings. The first-order chi connectivity index (χ1) is 10.9. The van der Waals surface area contributed by atoms with Gasteiger partial charge in [-0.25, -0.2) is 0 Å². The third-order valence-electron chi connectivity index (χ3n) is 7.41. The zero-order valence-electron chi connectivity index (χ0n) is 14.6. The van der Waals surface area contributed by atoms with Gasteiger partial charge in [0.05, 0.1) is 6.10 Å². The van der Waals surface area contributed by atoms with E-state index >= 15 is 0 Å². The number of phenolic OH excluding ortho intramolecular Hbond substituents is 1. The Labute approximate surface area is 139 Å². The highest BCUT2D eigenvalue weighted by Gasteiger charge is 2.55. The first-order valence-corrected chi connectivity index (χ1v) is 9.39. The molecule has 3 aliphatic rings. The highest BCUT2D eigenvalue weighted by Crippen LogP contribution is 2.63. The Kier molecular flexibility index (Phi) is 3.53. The average molecular weight is 314 g/mol. The van der Waals surface area contributed by atoms with Crippen LogP contribution in [0.3, 0.4) is 0 Å². The molecule has 2 nitrogen and oxygen atoms in total. The van der Waals surface area contributed by atoms with Crippen LogP contribution in [-0.4, -0.2) is 16.3 Å². The third kappa shape index (κ3) is 2.33. The minimum absolute atomic E-state index is 0.0993. The second-order valence-corrected chi connectivity index (χ2v) is 9.07. The Morgan fingerprint density at radius 3 is 2.78 bits per heavy atom. The number of phenols is 1. The Morgan fingerprint density at radius 1 is 1.26 bits per heavy atom. The van der Waals surface area contributed by atoms with Gasteiger partial charge in [0.2, 0.25) is 0 Å². The van der Waals surface area contributed by atoms with E-state index < -0.39 is 0 Å². The van der Waals surface area contributed by atoms with Gasteiger partial charge in [-0.3, -0.25) is 0 Å². The summed E-state index contributed by atoms with van der Waals surface area (Å²) in [6, 6.07) is 6.04. The Balaban J connectivity index is 1.79. The van der Waals surface area contributed by atoms with Gasteiger partial charge in [0, 0.05) is 0 Å². The SMILES string of the molecule is CC(C)[C@@H]1Cc2cc(O)ccc2[C@H]2CC[C@]3(C)C[C@@H](O)C[C@H]3[C@@H]21. The maximum absolute atomic E-state index is 10.3. The number of rotatable bonds is 1. The zero-order valence-corrected chi connectivity index (χ0v) is 14.6. The highest BCUT2D eigenvalue weighted by atomic mass is 16.3. The summed E-state index contributed by atoms with van der Waals surface area (Å²) in [7, 11) is 0. The van der Waals surface area contributed by atoms with E-state index in [0.717, 1.165) is 19.3 Å². The van der Waals surface area contributed by atoms with Crippen molar-refractivity contribution in [3.8, 4) is 5.75 Å². The van der Waals surface area contributed by atoms with Gasteiger partial charge in [-0.2, -0.15) is 0 Å². The van der Waals surface area contributed by atoms with Crippen molar-refractivity contribution in [2.75, 3.05) is 0 Å². The van der Waals surface area contributed by atoms with Gasteiger partial charge in [-0.15, -0.1) is 0 Å². The standard InChI is InChI=1S/C21H30O2/c1-12(2)18-9-13-8-14(22)4-5-16(13)17-6-7-21(3)11-15(23)10-19(21)20(17)18/h4-5,8,12,15,17-20,22-23H,6-7,9-11H2,1-3H3/t15-,17+,18-,19-,20-,21+/m0/s1. The molecule has 0 aromatic heterocycles. The quantitative estimate of drug-likeness (QED) is 0.801. The molecule has 1 aromatic carbocycles. The second kappa shape index (κ2) is 5.24.